The van der Waals surface area contributed by atoms with Gasteiger partial charge >= 0.3 is 0 Å². The Morgan fingerprint density at radius 1 is 1.05 bits per heavy atom. The molecule has 112 valence electrons. The second kappa shape index (κ2) is 6.73. The van der Waals surface area contributed by atoms with E-state index in [4.69, 9.17) is 0 Å². The second-order valence-electron chi connectivity index (χ2n) is 4.98. The van der Waals surface area contributed by atoms with E-state index in [1.165, 1.54) is 4.31 Å². The number of halogens is 1. The topological polar surface area (TPSA) is 37.4 Å². The van der Waals surface area contributed by atoms with Gasteiger partial charge in [0, 0.05) is 13.6 Å². The summed E-state index contributed by atoms with van der Waals surface area (Å²) in [7, 11) is -1.85. The van der Waals surface area contributed by atoms with Crippen LogP contribution < -0.4 is 0 Å². The highest BCUT2D eigenvalue weighted by Crippen LogP contribution is 2.25. The Kier molecular flexibility index (Phi) is 5.19. The largest absolute Gasteiger partial charge is 0.242 e. The first kappa shape index (κ1) is 16.2. The number of hydrogen-bond donors (Lipinski definition) is 0. The molecule has 0 saturated heterocycles. The fourth-order valence-electron chi connectivity index (χ4n) is 1.98. The van der Waals surface area contributed by atoms with Gasteiger partial charge in [0.15, 0.2) is 0 Å². The average molecular weight is 368 g/mol. The van der Waals surface area contributed by atoms with Gasteiger partial charge in [-0.15, -0.1) is 0 Å². The first-order valence-electron chi connectivity index (χ1n) is 6.63. The van der Waals surface area contributed by atoms with E-state index in [2.05, 4.69) is 15.9 Å². The minimum absolute atomic E-state index is 0.0380. The molecule has 1 atom stereocenters. The van der Waals surface area contributed by atoms with E-state index < -0.39 is 10.0 Å². The molecule has 0 saturated carbocycles. The molecule has 0 spiro atoms. The Morgan fingerprint density at radius 2 is 1.62 bits per heavy atom. The predicted octanol–water partition coefficient (Wildman–Crippen LogP) is 3.75. The van der Waals surface area contributed by atoms with Crippen molar-refractivity contribution >= 4 is 26.0 Å². The molecule has 0 aliphatic carbocycles. The third-order valence-electron chi connectivity index (χ3n) is 3.31. The van der Waals surface area contributed by atoms with Crippen molar-refractivity contribution in [3.8, 4) is 0 Å². The van der Waals surface area contributed by atoms with Crippen molar-refractivity contribution < 1.29 is 8.42 Å². The van der Waals surface area contributed by atoms with E-state index in [-0.39, 0.29) is 4.83 Å². The Labute approximate surface area is 134 Å². The molecular weight excluding hydrogens is 350 g/mol. The van der Waals surface area contributed by atoms with Gasteiger partial charge in [0.2, 0.25) is 10.0 Å². The highest BCUT2D eigenvalue weighted by molar-refractivity contribution is 9.09. The van der Waals surface area contributed by atoms with Crippen LogP contribution in [0.3, 0.4) is 0 Å². The summed E-state index contributed by atoms with van der Waals surface area (Å²) in [5, 5.41) is 0. The number of sulfonamides is 1. The van der Waals surface area contributed by atoms with Crippen molar-refractivity contribution in [3.63, 3.8) is 0 Å². The summed E-state index contributed by atoms with van der Waals surface area (Å²) in [5.74, 6) is 0. The molecule has 0 radical (unpaired) electrons. The fourth-order valence-corrected chi connectivity index (χ4v) is 4.10. The SMILES string of the molecule is Cc1ccc(S(=O)(=O)N(C)CC(Br)c2ccccc2)cc1. The van der Waals surface area contributed by atoms with Crippen molar-refractivity contribution in [3.05, 3.63) is 65.7 Å². The number of likely N-dealkylation sites (N-methyl/N-ethyl adjacent to an activating group) is 1. The smallest absolute Gasteiger partial charge is 0.207 e. The summed E-state index contributed by atoms with van der Waals surface area (Å²) < 4.78 is 26.4. The molecular formula is C16H18BrNO2S. The van der Waals surface area contributed by atoms with Crippen molar-refractivity contribution in [2.75, 3.05) is 13.6 Å². The van der Waals surface area contributed by atoms with E-state index in [1.807, 2.05) is 49.4 Å². The lowest BCUT2D eigenvalue weighted by Gasteiger charge is -2.20. The number of aryl methyl sites for hydroxylation is 1. The highest BCUT2D eigenvalue weighted by atomic mass is 79.9. The number of nitrogens with zero attached hydrogens (tertiary/aromatic N) is 1. The minimum atomic E-state index is -3.46. The van der Waals surface area contributed by atoms with Crippen molar-refractivity contribution in [2.45, 2.75) is 16.6 Å². The molecule has 3 nitrogen and oxygen atoms in total. The van der Waals surface area contributed by atoms with Gasteiger partial charge in [-0.25, -0.2) is 8.42 Å². The molecule has 0 heterocycles. The van der Waals surface area contributed by atoms with Crippen LogP contribution in [0.15, 0.2) is 59.5 Å². The number of alkyl halides is 1. The van der Waals surface area contributed by atoms with Gasteiger partial charge in [0.25, 0.3) is 0 Å². The monoisotopic (exact) mass is 367 g/mol. The Hall–Kier alpha value is -1.17. The van der Waals surface area contributed by atoms with Gasteiger partial charge in [-0.3, -0.25) is 0 Å². The van der Waals surface area contributed by atoms with Crippen LogP contribution in [0.2, 0.25) is 0 Å². The van der Waals surface area contributed by atoms with Crippen LogP contribution in [-0.4, -0.2) is 26.3 Å². The first-order chi connectivity index (χ1) is 9.91. The molecule has 0 amide bonds. The molecule has 0 fully saturated rings. The summed E-state index contributed by atoms with van der Waals surface area (Å²) in [6, 6.07) is 16.7. The van der Waals surface area contributed by atoms with Crippen molar-refractivity contribution in [1.29, 1.82) is 0 Å². The highest BCUT2D eigenvalue weighted by Gasteiger charge is 2.23. The lowest BCUT2D eigenvalue weighted by molar-refractivity contribution is 0.471. The third kappa shape index (κ3) is 3.93. The Bertz CT molecular complexity index is 684. The zero-order valence-electron chi connectivity index (χ0n) is 12.0. The van der Waals surface area contributed by atoms with E-state index >= 15 is 0 Å². The molecule has 0 aliphatic heterocycles. The standard InChI is InChI=1S/C16H18BrNO2S/c1-13-8-10-15(11-9-13)21(19,20)18(2)12-16(17)14-6-4-3-5-7-14/h3-11,16H,12H2,1-2H3. The van der Waals surface area contributed by atoms with Crippen LogP contribution in [0.25, 0.3) is 0 Å². The molecule has 0 aromatic heterocycles. The summed E-state index contributed by atoms with van der Waals surface area (Å²) in [5.41, 5.74) is 2.10. The molecule has 5 heteroatoms. The predicted molar refractivity (Wildman–Crippen MR) is 89.1 cm³/mol. The maximum Gasteiger partial charge on any atom is 0.242 e. The van der Waals surface area contributed by atoms with Crippen LogP contribution in [0.1, 0.15) is 16.0 Å². The van der Waals surface area contributed by atoms with Crippen molar-refractivity contribution in [1.82, 2.24) is 4.31 Å². The fraction of sp³-hybridized carbons (Fsp3) is 0.250. The van der Waals surface area contributed by atoms with E-state index in [9.17, 15) is 8.42 Å². The van der Waals surface area contributed by atoms with Crippen LogP contribution in [0.5, 0.6) is 0 Å². The zero-order chi connectivity index (χ0) is 15.5. The number of rotatable bonds is 5. The van der Waals surface area contributed by atoms with Gasteiger partial charge in [-0.1, -0.05) is 64.0 Å². The van der Waals surface area contributed by atoms with Gasteiger partial charge < -0.3 is 0 Å². The van der Waals surface area contributed by atoms with Crippen LogP contribution in [0.4, 0.5) is 0 Å². The van der Waals surface area contributed by atoms with Gasteiger partial charge in [0.05, 0.1) is 9.72 Å². The third-order valence-corrected chi connectivity index (χ3v) is 5.96. The van der Waals surface area contributed by atoms with Crippen molar-refractivity contribution in [2.24, 2.45) is 0 Å². The van der Waals surface area contributed by atoms with E-state index in [0.717, 1.165) is 11.1 Å². The van der Waals surface area contributed by atoms with Crippen LogP contribution in [-0.2, 0) is 10.0 Å². The summed E-state index contributed by atoms with van der Waals surface area (Å²) in [4.78, 5) is 0.285. The quantitative estimate of drug-likeness (QED) is 0.754. The van der Waals surface area contributed by atoms with Gasteiger partial charge in [-0.2, -0.15) is 4.31 Å². The molecule has 0 N–H and O–H groups in total. The molecule has 2 aromatic rings. The van der Waals surface area contributed by atoms with Crippen LogP contribution >= 0.6 is 15.9 Å². The van der Waals surface area contributed by atoms with Crippen LogP contribution in [0, 0.1) is 6.92 Å². The molecule has 2 rings (SSSR count). The molecule has 2 aromatic carbocycles. The molecule has 21 heavy (non-hydrogen) atoms. The maximum absolute atomic E-state index is 12.5. The summed E-state index contributed by atoms with van der Waals surface area (Å²) in [6.45, 7) is 2.31. The number of benzene rings is 2. The average Bonchev–Trinajstić information content (AvgIpc) is 2.48. The molecule has 0 aliphatic rings. The summed E-state index contributed by atoms with van der Waals surface area (Å²) in [6.07, 6.45) is 0. The minimum Gasteiger partial charge on any atom is -0.207 e. The first-order valence-corrected chi connectivity index (χ1v) is 8.99. The second-order valence-corrected chi connectivity index (χ2v) is 8.13. The molecule has 1 unspecified atom stereocenters. The lowest BCUT2D eigenvalue weighted by atomic mass is 10.1. The van der Waals surface area contributed by atoms with Gasteiger partial charge in [-0.05, 0) is 24.6 Å². The Morgan fingerprint density at radius 3 is 2.19 bits per heavy atom. The number of hydrogen-bond acceptors (Lipinski definition) is 2. The summed E-state index contributed by atoms with van der Waals surface area (Å²) >= 11 is 3.56. The van der Waals surface area contributed by atoms with E-state index in [1.54, 1.807) is 19.2 Å². The van der Waals surface area contributed by atoms with Gasteiger partial charge in [0.1, 0.15) is 0 Å². The zero-order valence-corrected chi connectivity index (χ0v) is 14.4. The molecule has 0 bridgehead atoms. The van der Waals surface area contributed by atoms with E-state index in [0.29, 0.717) is 11.4 Å². The lowest BCUT2D eigenvalue weighted by Crippen LogP contribution is -2.29. The normalized spacial score (nSPS) is 13.3. The maximum atomic E-state index is 12.5. The Balaban J connectivity index is 2.15.